The number of hydrogen-bond donors (Lipinski definition) is 1. The zero-order valence-corrected chi connectivity index (χ0v) is 13.1. The molecule has 110 valence electrons. The number of para-hydroxylation sites is 1. The number of carbonyl (C=O) groups is 1. The standard InChI is InChI=1S/C16H18N2O2S/c1-18(2)16(19)11-8-9-14(12(17)10-11)21-15-7-5-4-6-13(15)20-3/h4-10H,17H2,1-3H3. The van der Waals surface area contributed by atoms with Crippen molar-refractivity contribution in [2.24, 2.45) is 0 Å². The summed E-state index contributed by atoms with van der Waals surface area (Å²) in [5.74, 6) is 0.742. The van der Waals surface area contributed by atoms with Crippen molar-refractivity contribution in [3.05, 3.63) is 48.0 Å². The van der Waals surface area contributed by atoms with Crippen molar-refractivity contribution in [2.75, 3.05) is 26.9 Å². The van der Waals surface area contributed by atoms with E-state index in [-0.39, 0.29) is 5.91 Å². The molecule has 21 heavy (non-hydrogen) atoms. The third-order valence-electron chi connectivity index (χ3n) is 2.95. The molecule has 4 nitrogen and oxygen atoms in total. The van der Waals surface area contributed by atoms with Crippen LogP contribution in [0.15, 0.2) is 52.3 Å². The van der Waals surface area contributed by atoms with Gasteiger partial charge in [-0.05, 0) is 30.3 Å². The summed E-state index contributed by atoms with van der Waals surface area (Å²) in [5, 5.41) is 0. The van der Waals surface area contributed by atoms with E-state index in [1.807, 2.05) is 30.3 Å². The smallest absolute Gasteiger partial charge is 0.253 e. The highest BCUT2D eigenvalue weighted by molar-refractivity contribution is 7.99. The van der Waals surface area contributed by atoms with Crippen LogP contribution in [-0.2, 0) is 0 Å². The van der Waals surface area contributed by atoms with Crippen LogP contribution in [0, 0.1) is 0 Å². The van der Waals surface area contributed by atoms with Crippen molar-refractivity contribution in [1.82, 2.24) is 4.90 Å². The van der Waals surface area contributed by atoms with Gasteiger partial charge in [0.2, 0.25) is 0 Å². The summed E-state index contributed by atoms with van der Waals surface area (Å²) in [4.78, 5) is 15.3. The average molecular weight is 302 g/mol. The summed E-state index contributed by atoms with van der Waals surface area (Å²) in [6.07, 6.45) is 0. The minimum absolute atomic E-state index is 0.0597. The molecule has 0 fully saturated rings. The topological polar surface area (TPSA) is 55.6 Å². The van der Waals surface area contributed by atoms with E-state index in [9.17, 15) is 4.79 Å². The van der Waals surface area contributed by atoms with Gasteiger partial charge in [-0.1, -0.05) is 23.9 Å². The molecule has 0 unspecified atom stereocenters. The molecule has 0 bridgehead atoms. The predicted octanol–water partition coefficient (Wildman–Crippen LogP) is 3.13. The molecular weight excluding hydrogens is 284 g/mol. The summed E-state index contributed by atoms with van der Waals surface area (Å²) >= 11 is 1.52. The number of amides is 1. The highest BCUT2D eigenvalue weighted by Crippen LogP contribution is 2.37. The Morgan fingerprint density at radius 1 is 1.14 bits per heavy atom. The fraction of sp³-hybridized carbons (Fsp3) is 0.188. The van der Waals surface area contributed by atoms with E-state index in [1.165, 1.54) is 16.7 Å². The van der Waals surface area contributed by atoms with E-state index in [4.69, 9.17) is 10.5 Å². The van der Waals surface area contributed by atoms with Gasteiger partial charge in [0.1, 0.15) is 5.75 Å². The van der Waals surface area contributed by atoms with Crippen LogP contribution < -0.4 is 10.5 Å². The maximum atomic E-state index is 11.9. The number of ether oxygens (including phenoxy) is 1. The molecule has 0 aliphatic carbocycles. The Hall–Kier alpha value is -2.14. The lowest BCUT2D eigenvalue weighted by Gasteiger charge is -2.13. The van der Waals surface area contributed by atoms with E-state index < -0.39 is 0 Å². The van der Waals surface area contributed by atoms with E-state index in [2.05, 4.69) is 0 Å². The molecule has 2 N–H and O–H groups in total. The number of nitrogens with zero attached hydrogens (tertiary/aromatic N) is 1. The number of benzene rings is 2. The number of methoxy groups -OCH3 is 1. The van der Waals surface area contributed by atoms with Crippen molar-refractivity contribution in [1.29, 1.82) is 0 Å². The number of carbonyl (C=O) groups excluding carboxylic acids is 1. The van der Waals surface area contributed by atoms with Crippen LogP contribution in [0.3, 0.4) is 0 Å². The van der Waals surface area contributed by atoms with Crippen molar-refractivity contribution >= 4 is 23.4 Å². The first-order valence-electron chi connectivity index (χ1n) is 6.45. The lowest BCUT2D eigenvalue weighted by Crippen LogP contribution is -2.21. The molecule has 0 radical (unpaired) electrons. The summed E-state index contributed by atoms with van der Waals surface area (Å²) < 4.78 is 5.33. The first-order valence-corrected chi connectivity index (χ1v) is 7.26. The maximum Gasteiger partial charge on any atom is 0.253 e. The lowest BCUT2D eigenvalue weighted by atomic mass is 10.2. The molecular formula is C16H18N2O2S. The zero-order valence-electron chi connectivity index (χ0n) is 12.3. The van der Waals surface area contributed by atoms with Gasteiger partial charge >= 0.3 is 0 Å². The minimum Gasteiger partial charge on any atom is -0.496 e. The first kappa shape index (κ1) is 15.3. The Balaban J connectivity index is 2.28. The number of rotatable bonds is 4. The summed E-state index contributed by atoms with van der Waals surface area (Å²) in [6.45, 7) is 0. The van der Waals surface area contributed by atoms with Crippen LogP contribution >= 0.6 is 11.8 Å². The van der Waals surface area contributed by atoms with Crippen molar-refractivity contribution in [2.45, 2.75) is 9.79 Å². The fourth-order valence-corrected chi connectivity index (χ4v) is 2.80. The van der Waals surface area contributed by atoms with Gasteiger partial charge in [0.25, 0.3) is 5.91 Å². The second-order valence-electron chi connectivity index (χ2n) is 4.71. The largest absolute Gasteiger partial charge is 0.496 e. The Bertz CT molecular complexity index is 656. The number of anilines is 1. The summed E-state index contributed by atoms with van der Waals surface area (Å²) in [5.41, 5.74) is 7.23. The fourth-order valence-electron chi connectivity index (χ4n) is 1.85. The summed E-state index contributed by atoms with van der Waals surface area (Å²) in [6, 6.07) is 13.1. The second-order valence-corrected chi connectivity index (χ2v) is 5.79. The quantitative estimate of drug-likeness (QED) is 0.882. The van der Waals surface area contributed by atoms with Crippen molar-refractivity contribution in [3.8, 4) is 5.75 Å². The molecule has 5 heteroatoms. The Kier molecular flexibility index (Phi) is 4.75. The zero-order chi connectivity index (χ0) is 15.4. The first-order chi connectivity index (χ1) is 10.0. The average Bonchev–Trinajstić information content (AvgIpc) is 2.49. The molecule has 2 aromatic rings. The van der Waals surface area contributed by atoms with Gasteiger partial charge in [-0.25, -0.2) is 0 Å². The van der Waals surface area contributed by atoms with E-state index in [0.29, 0.717) is 11.3 Å². The van der Waals surface area contributed by atoms with Crippen LogP contribution in [0.5, 0.6) is 5.75 Å². The molecule has 2 rings (SSSR count). The van der Waals surface area contributed by atoms with Crippen LogP contribution in [0.1, 0.15) is 10.4 Å². The van der Waals surface area contributed by atoms with E-state index in [1.54, 1.807) is 33.3 Å². The number of hydrogen-bond acceptors (Lipinski definition) is 4. The number of nitrogen functional groups attached to an aromatic ring is 1. The number of nitrogens with two attached hydrogens (primary N) is 1. The maximum absolute atomic E-state index is 11.9. The normalized spacial score (nSPS) is 10.2. The summed E-state index contributed by atoms with van der Waals surface area (Å²) in [7, 11) is 5.08. The molecule has 1 amide bonds. The van der Waals surface area contributed by atoms with Gasteiger partial charge in [0, 0.05) is 30.2 Å². The monoisotopic (exact) mass is 302 g/mol. The molecule has 2 aromatic carbocycles. The molecule has 0 aromatic heterocycles. The molecule has 0 saturated carbocycles. The minimum atomic E-state index is -0.0597. The van der Waals surface area contributed by atoms with Crippen molar-refractivity contribution < 1.29 is 9.53 Å². The second kappa shape index (κ2) is 6.54. The lowest BCUT2D eigenvalue weighted by molar-refractivity contribution is 0.0827. The third kappa shape index (κ3) is 3.49. The third-order valence-corrected chi connectivity index (χ3v) is 4.10. The highest BCUT2D eigenvalue weighted by atomic mass is 32.2. The van der Waals surface area contributed by atoms with Crippen LogP contribution in [0.4, 0.5) is 5.69 Å². The molecule has 0 atom stereocenters. The van der Waals surface area contributed by atoms with Gasteiger partial charge in [0.05, 0.1) is 12.0 Å². The van der Waals surface area contributed by atoms with Crippen LogP contribution in [0.25, 0.3) is 0 Å². The Labute approximate surface area is 128 Å². The highest BCUT2D eigenvalue weighted by Gasteiger charge is 2.12. The van der Waals surface area contributed by atoms with E-state index >= 15 is 0 Å². The van der Waals surface area contributed by atoms with Gasteiger partial charge in [-0.15, -0.1) is 0 Å². The SMILES string of the molecule is COc1ccccc1Sc1ccc(C(=O)N(C)C)cc1N. The Morgan fingerprint density at radius 3 is 2.48 bits per heavy atom. The van der Waals surface area contributed by atoms with Gasteiger partial charge < -0.3 is 15.4 Å². The molecule has 0 aliphatic heterocycles. The van der Waals surface area contributed by atoms with Crippen LogP contribution in [0.2, 0.25) is 0 Å². The predicted molar refractivity (Wildman–Crippen MR) is 86.0 cm³/mol. The molecule has 0 spiro atoms. The molecule has 0 aliphatic rings. The van der Waals surface area contributed by atoms with Gasteiger partial charge in [0.15, 0.2) is 0 Å². The Morgan fingerprint density at radius 2 is 1.86 bits per heavy atom. The van der Waals surface area contributed by atoms with Crippen LogP contribution in [-0.4, -0.2) is 32.0 Å². The molecule has 0 heterocycles. The van der Waals surface area contributed by atoms with E-state index in [0.717, 1.165) is 15.5 Å². The van der Waals surface area contributed by atoms with Gasteiger partial charge in [-0.3, -0.25) is 4.79 Å². The van der Waals surface area contributed by atoms with Gasteiger partial charge in [-0.2, -0.15) is 0 Å². The molecule has 0 saturated heterocycles. The van der Waals surface area contributed by atoms with Crippen molar-refractivity contribution in [3.63, 3.8) is 0 Å².